The molecule has 0 bridgehead atoms. The van der Waals surface area contributed by atoms with Crippen molar-refractivity contribution in [2.75, 3.05) is 11.1 Å². The van der Waals surface area contributed by atoms with E-state index in [0.29, 0.717) is 11.6 Å². The lowest BCUT2D eigenvalue weighted by Gasteiger charge is -2.09. The molecule has 132 valence electrons. The van der Waals surface area contributed by atoms with Gasteiger partial charge in [-0.2, -0.15) is 4.68 Å². The van der Waals surface area contributed by atoms with Crippen LogP contribution in [0, 0.1) is 5.82 Å². The molecule has 1 N–H and O–H groups in total. The van der Waals surface area contributed by atoms with E-state index in [1.165, 1.54) is 17.8 Å². The molecule has 0 unspecified atom stereocenters. The summed E-state index contributed by atoms with van der Waals surface area (Å²) >= 11 is 1.29. The SMILES string of the molecule is O=C(CSc1ccccn1)Nc1cc(-n2nnnc2C2CC2)ccc1F. The Balaban J connectivity index is 1.47. The lowest BCUT2D eigenvalue weighted by Crippen LogP contribution is -2.15. The molecule has 4 rings (SSSR count). The average molecular weight is 370 g/mol. The third kappa shape index (κ3) is 3.72. The molecule has 1 saturated carbocycles. The van der Waals surface area contributed by atoms with Crippen LogP contribution in [0.4, 0.5) is 10.1 Å². The number of hydrogen-bond acceptors (Lipinski definition) is 6. The van der Waals surface area contributed by atoms with Crippen molar-refractivity contribution in [3.63, 3.8) is 0 Å². The molecule has 1 amide bonds. The highest BCUT2D eigenvalue weighted by Crippen LogP contribution is 2.39. The van der Waals surface area contributed by atoms with Crippen LogP contribution >= 0.6 is 11.8 Å². The zero-order valence-electron chi connectivity index (χ0n) is 13.7. The summed E-state index contributed by atoms with van der Waals surface area (Å²) in [5.74, 6) is 0.433. The smallest absolute Gasteiger partial charge is 0.234 e. The summed E-state index contributed by atoms with van der Waals surface area (Å²) in [6.07, 6.45) is 3.76. The van der Waals surface area contributed by atoms with Gasteiger partial charge in [-0.15, -0.1) is 5.10 Å². The number of pyridine rings is 1. The van der Waals surface area contributed by atoms with Gasteiger partial charge in [0.25, 0.3) is 0 Å². The van der Waals surface area contributed by atoms with Gasteiger partial charge in [-0.25, -0.2) is 9.37 Å². The minimum absolute atomic E-state index is 0.103. The molecule has 3 aromatic rings. The van der Waals surface area contributed by atoms with Gasteiger partial charge < -0.3 is 5.32 Å². The summed E-state index contributed by atoms with van der Waals surface area (Å²) in [6, 6.07) is 9.90. The highest BCUT2D eigenvalue weighted by atomic mass is 32.2. The monoisotopic (exact) mass is 370 g/mol. The first-order chi connectivity index (χ1) is 12.7. The van der Waals surface area contributed by atoms with Gasteiger partial charge in [-0.3, -0.25) is 4.79 Å². The number of rotatable bonds is 6. The van der Waals surface area contributed by atoms with Gasteiger partial charge in [0.05, 0.1) is 22.2 Å². The Kier molecular flexibility index (Phi) is 4.61. The van der Waals surface area contributed by atoms with Crippen molar-refractivity contribution >= 4 is 23.4 Å². The van der Waals surface area contributed by atoms with Crippen molar-refractivity contribution in [1.82, 2.24) is 25.2 Å². The topological polar surface area (TPSA) is 85.6 Å². The van der Waals surface area contributed by atoms with E-state index in [9.17, 15) is 9.18 Å². The number of benzene rings is 1. The second-order valence-electron chi connectivity index (χ2n) is 5.89. The maximum atomic E-state index is 14.1. The minimum Gasteiger partial charge on any atom is -0.323 e. The normalized spacial score (nSPS) is 13.6. The molecule has 7 nitrogen and oxygen atoms in total. The second kappa shape index (κ2) is 7.20. The first-order valence-corrected chi connectivity index (χ1v) is 9.11. The number of aromatic nitrogens is 5. The summed E-state index contributed by atoms with van der Waals surface area (Å²) < 4.78 is 15.7. The third-order valence-electron chi connectivity index (χ3n) is 3.89. The van der Waals surface area contributed by atoms with E-state index in [2.05, 4.69) is 25.8 Å². The number of halogens is 1. The summed E-state index contributed by atoms with van der Waals surface area (Å²) in [4.78, 5) is 16.3. The fourth-order valence-electron chi connectivity index (χ4n) is 2.47. The molecule has 2 heterocycles. The average Bonchev–Trinajstić information content (AvgIpc) is 3.39. The van der Waals surface area contributed by atoms with Gasteiger partial charge in [-0.05, 0) is 53.6 Å². The molecule has 26 heavy (non-hydrogen) atoms. The van der Waals surface area contributed by atoms with Crippen molar-refractivity contribution in [2.45, 2.75) is 23.8 Å². The van der Waals surface area contributed by atoms with Crippen LogP contribution in [0.25, 0.3) is 5.69 Å². The Morgan fingerprint density at radius 2 is 2.19 bits per heavy atom. The minimum atomic E-state index is -0.508. The van der Waals surface area contributed by atoms with E-state index in [1.807, 2.05) is 12.1 Å². The number of anilines is 1. The van der Waals surface area contributed by atoms with Gasteiger partial charge in [0.1, 0.15) is 5.82 Å². The Labute approximate surface area is 153 Å². The molecular formula is C17H15FN6OS. The van der Waals surface area contributed by atoms with E-state index in [1.54, 1.807) is 29.1 Å². The maximum Gasteiger partial charge on any atom is 0.234 e. The number of carbonyl (C=O) groups is 1. The van der Waals surface area contributed by atoms with Gasteiger partial charge in [-0.1, -0.05) is 17.8 Å². The predicted molar refractivity (Wildman–Crippen MR) is 94.7 cm³/mol. The van der Waals surface area contributed by atoms with E-state index in [4.69, 9.17) is 0 Å². The molecule has 0 radical (unpaired) electrons. The zero-order valence-corrected chi connectivity index (χ0v) is 14.5. The number of tetrazole rings is 1. The molecule has 1 aliphatic rings. The largest absolute Gasteiger partial charge is 0.323 e. The molecule has 0 aliphatic heterocycles. The van der Waals surface area contributed by atoms with Crippen LogP contribution in [0.2, 0.25) is 0 Å². The number of amides is 1. The van der Waals surface area contributed by atoms with E-state index in [0.717, 1.165) is 23.7 Å². The summed E-state index contributed by atoms with van der Waals surface area (Å²) in [5, 5.41) is 15.1. The van der Waals surface area contributed by atoms with Gasteiger partial charge in [0.15, 0.2) is 5.82 Å². The standard InChI is InChI=1S/C17H15FN6OS/c18-13-7-6-12(24-17(11-4-5-11)21-22-23-24)9-14(13)20-15(25)10-26-16-3-1-2-8-19-16/h1-3,6-9,11H,4-5,10H2,(H,20,25). The van der Waals surface area contributed by atoms with Crippen LogP contribution in [0.3, 0.4) is 0 Å². The third-order valence-corrected chi connectivity index (χ3v) is 4.84. The molecule has 1 aromatic carbocycles. The number of carbonyl (C=O) groups excluding carboxylic acids is 1. The maximum absolute atomic E-state index is 14.1. The van der Waals surface area contributed by atoms with E-state index >= 15 is 0 Å². The van der Waals surface area contributed by atoms with Crippen LogP contribution in [-0.2, 0) is 4.79 Å². The van der Waals surface area contributed by atoms with Crippen molar-refractivity contribution in [3.05, 3.63) is 54.2 Å². The van der Waals surface area contributed by atoms with Crippen molar-refractivity contribution in [1.29, 1.82) is 0 Å². The molecule has 9 heteroatoms. The van der Waals surface area contributed by atoms with Gasteiger partial charge >= 0.3 is 0 Å². The summed E-state index contributed by atoms with van der Waals surface area (Å²) in [5.41, 5.74) is 0.720. The Morgan fingerprint density at radius 3 is 2.96 bits per heavy atom. The summed E-state index contributed by atoms with van der Waals surface area (Å²) in [7, 11) is 0. The van der Waals surface area contributed by atoms with Crippen LogP contribution in [0.1, 0.15) is 24.6 Å². The lowest BCUT2D eigenvalue weighted by atomic mass is 10.2. The van der Waals surface area contributed by atoms with Crippen LogP contribution in [0.15, 0.2) is 47.6 Å². The second-order valence-corrected chi connectivity index (χ2v) is 6.89. The fourth-order valence-corrected chi connectivity index (χ4v) is 3.13. The molecular weight excluding hydrogens is 355 g/mol. The molecule has 2 aromatic heterocycles. The Morgan fingerprint density at radius 1 is 1.31 bits per heavy atom. The number of thioether (sulfide) groups is 1. The fraction of sp³-hybridized carbons (Fsp3) is 0.235. The predicted octanol–water partition coefficient (Wildman–Crippen LogP) is 2.80. The first-order valence-electron chi connectivity index (χ1n) is 8.12. The van der Waals surface area contributed by atoms with Gasteiger partial charge in [0.2, 0.25) is 5.91 Å². The van der Waals surface area contributed by atoms with Crippen LogP contribution in [0.5, 0.6) is 0 Å². The van der Waals surface area contributed by atoms with Crippen molar-refractivity contribution < 1.29 is 9.18 Å². The first kappa shape index (κ1) is 16.6. The highest BCUT2D eigenvalue weighted by molar-refractivity contribution is 7.99. The number of hydrogen-bond donors (Lipinski definition) is 1. The Hall–Kier alpha value is -2.81. The van der Waals surface area contributed by atoms with E-state index < -0.39 is 5.82 Å². The van der Waals surface area contributed by atoms with Crippen molar-refractivity contribution in [3.8, 4) is 5.69 Å². The Bertz CT molecular complexity index is 928. The lowest BCUT2D eigenvalue weighted by molar-refractivity contribution is -0.113. The molecule has 1 aliphatic carbocycles. The van der Waals surface area contributed by atoms with Gasteiger partial charge in [0, 0.05) is 12.1 Å². The summed E-state index contributed by atoms with van der Waals surface area (Å²) in [6.45, 7) is 0. The number of nitrogens with one attached hydrogen (secondary N) is 1. The van der Waals surface area contributed by atoms with Crippen LogP contribution in [-0.4, -0.2) is 36.9 Å². The molecule has 0 atom stereocenters. The molecule has 0 saturated heterocycles. The highest BCUT2D eigenvalue weighted by Gasteiger charge is 2.30. The van der Waals surface area contributed by atoms with Crippen molar-refractivity contribution in [2.24, 2.45) is 0 Å². The molecule has 1 fully saturated rings. The molecule has 0 spiro atoms. The van der Waals surface area contributed by atoms with E-state index in [-0.39, 0.29) is 17.3 Å². The quantitative estimate of drug-likeness (QED) is 0.672. The van der Waals surface area contributed by atoms with Crippen LogP contribution < -0.4 is 5.32 Å². The zero-order chi connectivity index (χ0) is 17.9. The number of nitrogens with zero attached hydrogens (tertiary/aromatic N) is 5.